The number of nitrogens with one attached hydrogen (secondary N) is 2. The normalized spacial score (nSPS) is 22.5. The number of nitrogens with zero attached hydrogens (tertiary/aromatic N) is 1. The molecule has 2 rings (SSSR count). The predicted molar refractivity (Wildman–Crippen MR) is 84.6 cm³/mol. The highest BCUT2D eigenvalue weighted by Gasteiger charge is 2.38. The van der Waals surface area contributed by atoms with Crippen LogP contribution in [0.5, 0.6) is 0 Å². The van der Waals surface area contributed by atoms with Crippen molar-refractivity contribution in [1.29, 1.82) is 0 Å². The number of benzene rings is 1. The molecule has 0 radical (unpaired) electrons. The lowest BCUT2D eigenvalue weighted by Crippen LogP contribution is -2.40. The van der Waals surface area contributed by atoms with E-state index in [1.807, 2.05) is 7.05 Å². The Balaban J connectivity index is 1.84. The molecule has 1 aromatic carbocycles. The SMILES string of the molecule is CN=C(NCC(C)C)NC1CC1c1ccc(Br)cc1. The summed E-state index contributed by atoms with van der Waals surface area (Å²) in [4.78, 5) is 4.27. The Morgan fingerprint density at radius 2 is 2.05 bits per heavy atom. The summed E-state index contributed by atoms with van der Waals surface area (Å²) in [6.07, 6.45) is 1.18. The third-order valence-corrected chi connectivity index (χ3v) is 3.84. The van der Waals surface area contributed by atoms with E-state index in [9.17, 15) is 0 Å². The van der Waals surface area contributed by atoms with Crippen LogP contribution in [0.4, 0.5) is 0 Å². The number of aliphatic imine (C=N–C) groups is 1. The predicted octanol–water partition coefficient (Wildman–Crippen LogP) is 3.13. The van der Waals surface area contributed by atoms with E-state index >= 15 is 0 Å². The van der Waals surface area contributed by atoms with Crippen molar-refractivity contribution < 1.29 is 0 Å². The number of halogens is 1. The molecule has 2 N–H and O–H groups in total. The molecule has 1 aliphatic carbocycles. The molecule has 1 saturated carbocycles. The lowest BCUT2D eigenvalue weighted by molar-refractivity contribution is 0.613. The smallest absolute Gasteiger partial charge is 0.191 e. The number of guanidine groups is 1. The minimum Gasteiger partial charge on any atom is -0.356 e. The first-order valence-corrected chi connectivity index (χ1v) is 7.62. The Morgan fingerprint density at radius 1 is 1.37 bits per heavy atom. The fraction of sp³-hybridized carbons (Fsp3) is 0.533. The van der Waals surface area contributed by atoms with E-state index in [0.29, 0.717) is 17.9 Å². The van der Waals surface area contributed by atoms with Crippen LogP contribution in [-0.2, 0) is 0 Å². The molecule has 0 saturated heterocycles. The summed E-state index contributed by atoms with van der Waals surface area (Å²) < 4.78 is 1.14. The zero-order valence-corrected chi connectivity index (χ0v) is 13.4. The lowest BCUT2D eigenvalue weighted by Gasteiger charge is -2.13. The van der Waals surface area contributed by atoms with Crippen molar-refractivity contribution in [1.82, 2.24) is 10.6 Å². The number of rotatable bonds is 4. The van der Waals surface area contributed by atoms with Crippen LogP contribution in [0.25, 0.3) is 0 Å². The van der Waals surface area contributed by atoms with E-state index in [4.69, 9.17) is 0 Å². The molecular formula is C15H22BrN3. The molecular weight excluding hydrogens is 302 g/mol. The molecule has 1 aliphatic rings. The summed E-state index contributed by atoms with van der Waals surface area (Å²) in [5, 5.41) is 6.84. The summed E-state index contributed by atoms with van der Waals surface area (Å²) in [7, 11) is 1.83. The Bertz CT molecular complexity index is 439. The fourth-order valence-corrected chi connectivity index (χ4v) is 2.37. The van der Waals surface area contributed by atoms with Crippen LogP contribution >= 0.6 is 15.9 Å². The fourth-order valence-electron chi connectivity index (χ4n) is 2.10. The maximum atomic E-state index is 4.27. The molecule has 19 heavy (non-hydrogen) atoms. The maximum absolute atomic E-state index is 4.27. The zero-order valence-electron chi connectivity index (χ0n) is 11.8. The van der Waals surface area contributed by atoms with Crippen LogP contribution in [0, 0.1) is 5.92 Å². The molecule has 4 heteroatoms. The largest absolute Gasteiger partial charge is 0.356 e. The first-order valence-electron chi connectivity index (χ1n) is 6.82. The Hall–Kier alpha value is -1.03. The second kappa shape index (κ2) is 6.42. The van der Waals surface area contributed by atoms with E-state index in [1.54, 1.807) is 0 Å². The van der Waals surface area contributed by atoms with Crippen LogP contribution in [0.2, 0.25) is 0 Å². The van der Waals surface area contributed by atoms with Gasteiger partial charge in [0.25, 0.3) is 0 Å². The molecule has 0 bridgehead atoms. The van der Waals surface area contributed by atoms with Crippen LogP contribution in [-0.4, -0.2) is 25.6 Å². The van der Waals surface area contributed by atoms with Crippen molar-refractivity contribution in [2.75, 3.05) is 13.6 Å². The minimum absolute atomic E-state index is 0.513. The van der Waals surface area contributed by atoms with Gasteiger partial charge in [0.05, 0.1) is 0 Å². The number of hydrogen-bond donors (Lipinski definition) is 2. The van der Waals surface area contributed by atoms with E-state index < -0.39 is 0 Å². The molecule has 3 nitrogen and oxygen atoms in total. The summed E-state index contributed by atoms with van der Waals surface area (Å²) >= 11 is 3.47. The van der Waals surface area contributed by atoms with Crippen LogP contribution in [0.3, 0.4) is 0 Å². The third kappa shape index (κ3) is 4.23. The average molecular weight is 324 g/mol. The van der Waals surface area contributed by atoms with Crippen molar-refractivity contribution in [2.45, 2.75) is 32.2 Å². The highest BCUT2D eigenvalue weighted by Crippen LogP contribution is 2.40. The highest BCUT2D eigenvalue weighted by atomic mass is 79.9. The molecule has 2 atom stereocenters. The van der Waals surface area contributed by atoms with E-state index in [0.717, 1.165) is 17.0 Å². The van der Waals surface area contributed by atoms with Crippen LogP contribution < -0.4 is 10.6 Å². The molecule has 0 heterocycles. The highest BCUT2D eigenvalue weighted by molar-refractivity contribution is 9.10. The first kappa shape index (κ1) is 14.4. The van der Waals surface area contributed by atoms with E-state index in [-0.39, 0.29) is 0 Å². The van der Waals surface area contributed by atoms with Gasteiger partial charge in [-0.25, -0.2) is 0 Å². The quantitative estimate of drug-likeness (QED) is 0.659. The van der Waals surface area contributed by atoms with E-state index in [2.05, 4.69) is 69.7 Å². The Labute approximate surface area is 124 Å². The van der Waals surface area contributed by atoms with Gasteiger partial charge in [-0.15, -0.1) is 0 Å². The third-order valence-electron chi connectivity index (χ3n) is 3.31. The number of hydrogen-bond acceptors (Lipinski definition) is 1. The average Bonchev–Trinajstić information content (AvgIpc) is 3.14. The summed E-state index contributed by atoms with van der Waals surface area (Å²) in [5.41, 5.74) is 1.40. The van der Waals surface area contributed by atoms with E-state index in [1.165, 1.54) is 12.0 Å². The molecule has 0 aromatic heterocycles. The molecule has 0 amide bonds. The summed E-state index contributed by atoms with van der Waals surface area (Å²) in [6, 6.07) is 9.12. The lowest BCUT2D eigenvalue weighted by atomic mass is 10.1. The second-order valence-corrected chi connectivity index (χ2v) is 6.41. The molecule has 104 valence electrons. The van der Waals surface area contributed by atoms with Gasteiger partial charge in [0.2, 0.25) is 0 Å². The van der Waals surface area contributed by atoms with Gasteiger partial charge in [0, 0.05) is 30.0 Å². The Kier molecular flexibility index (Phi) is 4.86. The van der Waals surface area contributed by atoms with Crippen molar-refractivity contribution in [3.63, 3.8) is 0 Å². The first-order chi connectivity index (χ1) is 9.10. The van der Waals surface area contributed by atoms with Crippen molar-refractivity contribution in [3.8, 4) is 0 Å². The Morgan fingerprint density at radius 3 is 2.63 bits per heavy atom. The minimum atomic E-state index is 0.513. The molecule has 0 aliphatic heterocycles. The molecule has 0 spiro atoms. The van der Waals surface area contributed by atoms with Gasteiger partial charge in [-0.1, -0.05) is 41.9 Å². The van der Waals surface area contributed by atoms with Gasteiger partial charge < -0.3 is 10.6 Å². The molecule has 1 aromatic rings. The second-order valence-electron chi connectivity index (χ2n) is 5.49. The van der Waals surface area contributed by atoms with Gasteiger partial charge in [0.15, 0.2) is 5.96 Å². The standard InChI is InChI=1S/C15H22BrN3/c1-10(2)9-18-15(17-3)19-14-8-13(14)11-4-6-12(16)7-5-11/h4-7,10,13-14H,8-9H2,1-3H3,(H2,17,18,19). The van der Waals surface area contributed by atoms with Gasteiger partial charge in [-0.2, -0.15) is 0 Å². The van der Waals surface area contributed by atoms with Gasteiger partial charge in [-0.3, -0.25) is 4.99 Å². The van der Waals surface area contributed by atoms with Crippen molar-refractivity contribution in [3.05, 3.63) is 34.3 Å². The summed E-state index contributed by atoms with van der Waals surface area (Å²) in [5.74, 6) is 2.16. The van der Waals surface area contributed by atoms with Crippen LogP contribution in [0.1, 0.15) is 31.7 Å². The summed E-state index contributed by atoms with van der Waals surface area (Å²) in [6.45, 7) is 5.35. The topological polar surface area (TPSA) is 36.4 Å². The molecule has 1 fully saturated rings. The maximum Gasteiger partial charge on any atom is 0.191 e. The monoisotopic (exact) mass is 323 g/mol. The van der Waals surface area contributed by atoms with Gasteiger partial charge in [0.1, 0.15) is 0 Å². The zero-order chi connectivity index (χ0) is 13.8. The van der Waals surface area contributed by atoms with Crippen molar-refractivity contribution >= 4 is 21.9 Å². The van der Waals surface area contributed by atoms with Crippen LogP contribution in [0.15, 0.2) is 33.7 Å². The van der Waals surface area contributed by atoms with Crippen molar-refractivity contribution in [2.24, 2.45) is 10.9 Å². The van der Waals surface area contributed by atoms with Gasteiger partial charge >= 0.3 is 0 Å². The van der Waals surface area contributed by atoms with Gasteiger partial charge in [-0.05, 0) is 30.0 Å². The molecule has 2 unspecified atom stereocenters.